The molecule has 1 unspecified atom stereocenters. The fourth-order valence-electron chi connectivity index (χ4n) is 3.59. The van der Waals surface area contributed by atoms with Gasteiger partial charge >= 0.3 is 0 Å². The molecule has 29 heavy (non-hydrogen) atoms. The van der Waals surface area contributed by atoms with E-state index in [0.717, 1.165) is 25.7 Å². The molecule has 0 spiro atoms. The predicted octanol–water partition coefficient (Wildman–Crippen LogP) is 3.07. The van der Waals surface area contributed by atoms with Crippen molar-refractivity contribution >= 4 is 23.4 Å². The molecule has 4 rings (SSSR count). The molecular weight excluding hydrogens is 366 g/mol. The number of carbonyl (C=O) groups is 3. The summed E-state index contributed by atoms with van der Waals surface area (Å²) in [6, 6.07) is 16.2. The number of nitrogens with one attached hydrogen (secondary N) is 2. The molecule has 0 aromatic heterocycles. The smallest absolute Gasteiger partial charge is 0.255 e. The van der Waals surface area contributed by atoms with Crippen molar-refractivity contribution in [3.05, 3.63) is 65.7 Å². The molecule has 0 bridgehead atoms. The Morgan fingerprint density at radius 3 is 2.28 bits per heavy atom. The van der Waals surface area contributed by atoms with Crippen molar-refractivity contribution in [3.63, 3.8) is 0 Å². The number of carbonyl (C=O) groups excluding carboxylic acids is 3. The number of likely N-dealkylation sites (tertiary alicyclic amines) is 1. The van der Waals surface area contributed by atoms with Crippen molar-refractivity contribution in [2.75, 3.05) is 18.4 Å². The molecule has 2 aromatic carbocycles. The van der Waals surface area contributed by atoms with E-state index >= 15 is 0 Å². The van der Waals surface area contributed by atoms with Gasteiger partial charge in [-0.15, -0.1) is 0 Å². The van der Waals surface area contributed by atoms with Crippen LogP contribution in [0.2, 0.25) is 0 Å². The Labute approximate surface area is 170 Å². The molecule has 6 heteroatoms. The van der Waals surface area contributed by atoms with Crippen LogP contribution < -0.4 is 10.6 Å². The molecule has 6 nitrogen and oxygen atoms in total. The highest BCUT2D eigenvalue weighted by atomic mass is 16.2. The maximum Gasteiger partial charge on any atom is 0.255 e. The van der Waals surface area contributed by atoms with E-state index in [1.165, 1.54) is 0 Å². The summed E-state index contributed by atoms with van der Waals surface area (Å²) in [4.78, 5) is 39.2. The highest BCUT2D eigenvalue weighted by molar-refractivity contribution is 6.04. The molecule has 1 aliphatic heterocycles. The average molecular weight is 391 g/mol. The van der Waals surface area contributed by atoms with Crippen LogP contribution in [0.3, 0.4) is 0 Å². The first-order valence-electron chi connectivity index (χ1n) is 10.2. The topological polar surface area (TPSA) is 78.5 Å². The second kappa shape index (κ2) is 8.47. The Bertz CT molecular complexity index is 891. The van der Waals surface area contributed by atoms with E-state index in [1.807, 2.05) is 18.2 Å². The molecule has 3 amide bonds. The van der Waals surface area contributed by atoms with Gasteiger partial charge < -0.3 is 15.5 Å². The Kier molecular flexibility index (Phi) is 5.60. The second-order valence-corrected chi connectivity index (χ2v) is 7.77. The first-order valence-corrected chi connectivity index (χ1v) is 10.2. The van der Waals surface area contributed by atoms with Crippen molar-refractivity contribution in [1.29, 1.82) is 0 Å². The van der Waals surface area contributed by atoms with Crippen molar-refractivity contribution in [1.82, 2.24) is 10.2 Å². The summed E-state index contributed by atoms with van der Waals surface area (Å²) in [7, 11) is 0. The molecule has 0 radical (unpaired) electrons. The number of rotatable bonds is 5. The van der Waals surface area contributed by atoms with Gasteiger partial charge in [0.2, 0.25) is 5.91 Å². The maximum atomic E-state index is 12.9. The Hall–Kier alpha value is -3.15. The Morgan fingerprint density at radius 1 is 0.862 bits per heavy atom. The standard InChI is InChI=1S/C23H25N3O3/c27-21(16-5-2-1-3-6-16)24-19-10-8-17(9-11-19)23(29)26-14-4-7-18(15-26)22(28)25-20-12-13-20/h1-3,5-6,8-11,18,20H,4,7,12-15H2,(H,24,27)(H,25,28). The summed E-state index contributed by atoms with van der Waals surface area (Å²) in [6.07, 6.45) is 3.79. The van der Waals surface area contributed by atoms with Crippen LogP contribution in [0.1, 0.15) is 46.4 Å². The normalized spacial score (nSPS) is 18.8. The molecule has 2 aliphatic rings. The van der Waals surface area contributed by atoms with E-state index in [9.17, 15) is 14.4 Å². The zero-order chi connectivity index (χ0) is 20.2. The first-order chi connectivity index (χ1) is 14.1. The zero-order valence-corrected chi connectivity index (χ0v) is 16.3. The summed E-state index contributed by atoms with van der Waals surface area (Å²) in [6.45, 7) is 1.13. The second-order valence-electron chi connectivity index (χ2n) is 7.77. The highest BCUT2D eigenvalue weighted by Crippen LogP contribution is 2.23. The van der Waals surface area contributed by atoms with Gasteiger partial charge in [-0.05, 0) is 62.1 Å². The Morgan fingerprint density at radius 2 is 1.59 bits per heavy atom. The van der Waals surface area contributed by atoms with E-state index < -0.39 is 0 Å². The summed E-state index contributed by atoms with van der Waals surface area (Å²) >= 11 is 0. The molecule has 1 saturated heterocycles. The van der Waals surface area contributed by atoms with Crippen LogP contribution >= 0.6 is 0 Å². The number of amides is 3. The minimum absolute atomic E-state index is 0.0731. The average Bonchev–Trinajstić information content (AvgIpc) is 3.58. The van der Waals surface area contributed by atoms with Gasteiger partial charge in [0.25, 0.3) is 11.8 Å². The minimum Gasteiger partial charge on any atom is -0.353 e. The van der Waals surface area contributed by atoms with Crippen LogP contribution in [-0.2, 0) is 4.79 Å². The first kappa shape index (κ1) is 19.2. The molecule has 1 saturated carbocycles. The van der Waals surface area contributed by atoms with Crippen molar-refractivity contribution in [3.8, 4) is 0 Å². The summed E-state index contributed by atoms with van der Waals surface area (Å²) in [5, 5.41) is 5.88. The largest absolute Gasteiger partial charge is 0.353 e. The van der Waals surface area contributed by atoms with Crippen LogP contribution in [0.4, 0.5) is 5.69 Å². The summed E-state index contributed by atoms with van der Waals surface area (Å²) in [5.74, 6) is -0.318. The molecule has 2 fully saturated rings. The summed E-state index contributed by atoms with van der Waals surface area (Å²) in [5.41, 5.74) is 1.78. The van der Waals surface area contributed by atoms with Crippen LogP contribution in [0.25, 0.3) is 0 Å². The molecule has 2 N–H and O–H groups in total. The molecular formula is C23H25N3O3. The third-order valence-electron chi connectivity index (χ3n) is 5.43. The van der Waals surface area contributed by atoms with Gasteiger partial charge in [0.1, 0.15) is 0 Å². The third kappa shape index (κ3) is 4.83. The van der Waals surface area contributed by atoms with E-state index in [2.05, 4.69) is 10.6 Å². The van der Waals surface area contributed by atoms with Gasteiger partial charge in [-0.1, -0.05) is 18.2 Å². The SMILES string of the molecule is O=C(Nc1ccc(C(=O)N2CCCC(C(=O)NC3CC3)C2)cc1)c1ccccc1. The van der Waals surface area contributed by atoms with Gasteiger partial charge in [0.05, 0.1) is 5.92 Å². The number of hydrogen-bond donors (Lipinski definition) is 2. The molecule has 2 aromatic rings. The highest BCUT2D eigenvalue weighted by Gasteiger charge is 2.32. The van der Waals surface area contributed by atoms with Crippen molar-refractivity contribution in [2.24, 2.45) is 5.92 Å². The lowest BCUT2D eigenvalue weighted by Crippen LogP contribution is -2.45. The lowest BCUT2D eigenvalue weighted by atomic mass is 9.96. The minimum atomic E-state index is -0.190. The molecule has 1 atom stereocenters. The fourth-order valence-corrected chi connectivity index (χ4v) is 3.59. The fraction of sp³-hybridized carbons (Fsp3) is 0.348. The number of nitrogens with zero attached hydrogens (tertiary/aromatic N) is 1. The summed E-state index contributed by atoms with van der Waals surface area (Å²) < 4.78 is 0. The monoisotopic (exact) mass is 391 g/mol. The van der Waals surface area contributed by atoms with Crippen LogP contribution in [0, 0.1) is 5.92 Å². The molecule has 1 heterocycles. The van der Waals surface area contributed by atoms with Gasteiger partial charge in [0, 0.05) is 35.9 Å². The number of benzene rings is 2. The van der Waals surface area contributed by atoms with Crippen molar-refractivity contribution < 1.29 is 14.4 Å². The lowest BCUT2D eigenvalue weighted by molar-refractivity contribution is -0.126. The molecule has 1 aliphatic carbocycles. The van der Waals surface area contributed by atoms with Crippen LogP contribution in [0.15, 0.2) is 54.6 Å². The lowest BCUT2D eigenvalue weighted by Gasteiger charge is -2.32. The van der Waals surface area contributed by atoms with Gasteiger partial charge in [-0.25, -0.2) is 0 Å². The third-order valence-corrected chi connectivity index (χ3v) is 5.43. The van der Waals surface area contributed by atoms with Crippen LogP contribution in [-0.4, -0.2) is 41.8 Å². The predicted molar refractivity (Wildman–Crippen MR) is 111 cm³/mol. The zero-order valence-electron chi connectivity index (χ0n) is 16.3. The van der Waals surface area contributed by atoms with Crippen molar-refractivity contribution in [2.45, 2.75) is 31.7 Å². The number of piperidine rings is 1. The number of anilines is 1. The van der Waals surface area contributed by atoms with Gasteiger partial charge in [0.15, 0.2) is 0 Å². The van der Waals surface area contributed by atoms with E-state index in [-0.39, 0.29) is 23.6 Å². The van der Waals surface area contributed by atoms with E-state index in [0.29, 0.717) is 35.9 Å². The van der Waals surface area contributed by atoms with Gasteiger partial charge in [-0.2, -0.15) is 0 Å². The molecule has 150 valence electrons. The van der Waals surface area contributed by atoms with Crippen LogP contribution in [0.5, 0.6) is 0 Å². The van der Waals surface area contributed by atoms with E-state index in [1.54, 1.807) is 41.3 Å². The van der Waals surface area contributed by atoms with Gasteiger partial charge in [-0.3, -0.25) is 14.4 Å². The maximum absolute atomic E-state index is 12.9. The van der Waals surface area contributed by atoms with E-state index in [4.69, 9.17) is 0 Å². The quantitative estimate of drug-likeness (QED) is 0.822. The number of hydrogen-bond acceptors (Lipinski definition) is 3. The Balaban J connectivity index is 1.36.